The van der Waals surface area contributed by atoms with Gasteiger partial charge in [0.2, 0.25) is 0 Å². The molecule has 0 unspecified atom stereocenters. The number of nitrogens with zero attached hydrogens (tertiary/aromatic N) is 1. The molecule has 0 amide bonds. The zero-order chi connectivity index (χ0) is 12.1. The van der Waals surface area contributed by atoms with Crippen LogP contribution in [-0.4, -0.2) is 41.7 Å². The first-order chi connectivity index (χ1) is 8.31. The Hall–Kier alpha value is -1.32. The lowest BCUT2D eigenvalue weighted by Gasteiger charge is -2.15. The molecule has 1 aromatic heterocycles. The van der Waals surface area contributed by atoms with Crippen LogP contribution >= 0.6 is 0 Å². The number of aromatic nitrogens is 1. The van der Waals surface area contributed by atoms with Crippen LogP contribution in [0.3, 0.4) is 0 Å². The van der Waals surface area contributed by atoms with Crippen LogP contribution in [0.5, 0.6) is 0 Å². The van der Waals surface area contributed by atoms with E-state index < -0.39 is 0 Å². The minimum Gasteiger partial charge on any atom is -0.396 e. The highest BCUT2D eigenvalue weighted by molar-refractivity contribution is 5.83. The fraction of sp³-hybridized carbons (Fsp3) is 0.429. The van der Waals surface area contributed by atoms with E-state index in [0.29, 0.717) is 0 Å². The van der Waals surface area contributed by atoms with E-state index >= 15 is 0 Å². The minimum atomic E-state index is 0.275. The van der Waals surface area contributed by atoms with Crippen molar-refractivity contribution in [3.8, 4) is 0 Å². The fourth-order valence-corrected chi connectivity index (χ4v) is 2.10. The van der Waals surface area contributed by atoms with Crippen LogP contribution < -0.4 is 0 Å². The molecule has 0 bridgehead atoms. The van der Waals surface area contributed by atoms with E-state index in [0.717, 1.165) is 25.9 Å². The summed E-state index contributed by atoms with van der Waals surface area (Å²) in [5, 5.41) is 10.1. The van der Waals surface area contributed by atoms with Gasteiger partial charge in [0.15, 0.2) is 0 Å². The zero-order valence-electron chi connectivity index (χ0n) is 10.3. The van der Waals surface area contributed by atoms with Gasteiger partial charge in [-0.2, -0.15) is 0 Å². The Morgan fingerprint density at radius 1 is 1.24 bits per heavy atom. The zero-order valence-corrected chi connectivity index (χ0v) is 10.3. The number of fused-ring (bicyclic) bond motifs is 1. The second-order valence-electron chi connectivity index (χ2n) is 4.49. The number of hydrogen-bond acceptors (Lipinski definition) is 2. The van der Waals surface area contributed by atoms with E-state index in [1.165, 1.54) is 16.5 Å². The number of nitrogens with one attached hydrogen (secondary N) is 1. The molecule has 0 saturated carbocycles. The largest absolute Gasteiger partial charge is 0.396 e. The molecule has 1 aromatic carbocycles. The maximum Gasteiger partial charge on any atom is 0.0456 e. The van der Waals surface area contributed by atoms with E-state index in [1.54, 1.807) is 0 Å². The van der Waals surface area contributed by atoms with Crippen LogP contribution in [0.2, 0.25) is 0 Å². The summed E-state index contributed by atoms with van der Waals surface area (Å²) in [4.78, 5) is 5.56. The van der Waals surface area contributed by atoms with Crippen molar-refractivity contribution in [1.29, 1.82) is 0 Å². The summed E-state index contributed by atoms with van der Waals surface area (Å²) in [5.74, 6) is 0. The fourth-order valence-electron chi connectivity index (χ4n) is 2.10. The number of benzene rings is 1. The molecule has 3 nitrogen and oxygen atoms in total. The molecule has 0 saturated heterocycles. The summed E-state index contributed by atoms with van der Waals surface area (Å²) in [6.45, 7) is 2.26. The number of rotatable bonds is 6. The van der Waals surface area contributed by atoms with Gasteiger partial charge in [0.05, 0.1) is 0 Å². The van der Waals surface area contributed by atoms with Crippen LogP contribution in [0, 0.1) is 0 Å². The minimum absolute atomic E-state index is 0.275. The van der Waals surface area contributed by atoms with Crippen molar-refractivity contribution >= 4 is 10.9 Å². The van der Waals surface area contributed by atoms with Crippen molar-refractivity contribution in [1.82, 2.24) is 9.88 Å². The number of hydrogen-bond donors (Lipinski definition) is 2. The highest BCUT2D eigenvalue weighted by atomic mass is 16.3. The van der Waals surface area contributed by atoms with E-state index in [4.69, 9.17) is 5.11 Å². The normalized spacial score (nSPS) is 11.5. The second kappa shape index (κ2) is 5.84. The maximum atomic E-state index is 8.78. The molecule has 2 rings (SSSR count). The lowest BCUT2D eigenvalue weighted by Crippen LogP contribution is -2.23. The molecule has 0 fully saturated rings. The third kappa shape index (κ3) is 3.08. The Kier molecular flexibility index (Phi) is 4.18. The van der Waals surface area contributed by atoms with Gasteiger partial charge in [0.25, 0.3) is 0 Å². The van der Waals surface area contributed by atoms with Crippen LogP contribution in [-0.2, 0) is 6.42 Å². The predicted molar refractivity (Wildman–Crippen MR) is 71.2 cm³/mol. The predicted octanol–water partition coefficient (Wildman–Crippen LogP) is 2.02. The van der Waals surface area contributed by atoms with Gasteiger partial charge in [0, 0.05) is 36.8 Å². The topological polar surface area (TPSA) is 39.3 Å². The summed E-state index contributed by atoms with van der Waals surface area (Å²) in [5.41, 5.74) is 2.58. The second-order valence-corrected chi connectivity index (χ2v) is 4.49. The molecule has 3 heteroatoms. The molecule has 2 N–H and O–H groups in total. The maximum absolute atomic E-state index is 8.78. The lowest BCUT2D eigenvalue weighted by molar-refractivity contribution is 0.248. The molecule has 92 valence electrons. The van der Waals surface area contributed by atoms with Crippen molar-refractivity contribution < 1.29 is 5.11 Å². The smallest absolute Gasteiger partial charge is 0.0456 e. The van der Waals surface area contributed by atoms with E-state index in [2.05, 4.69) is 47.4 Å². The Morgan fingerprint density at radius 2 is 2.06 bits per heavy atom. The molecular weight excluding hydrogens is 212 g/mol. The first-order valence-electron chi connectivity index (χ1n) is 6.15. The van der Waals surface area contributed by atoms with Crippen molar-refractivity contribution in [2.45, 2.75) is 12.8 Å². The SMILES string of the molecule is CN(CCCO)CCc1c[nH]c2ccccc12. The highest BCUT2D eigenvalue weighted by Gasteiger charge is 2.04. The molecule has 0 aliphatic rings. The van der Waals surface area contributed by atoms with Gasteiger partial charge in [-0.3, -0.25) is 0 Å². The summed E-state index contributed by atoms with van der Waals surface area (Å²) in [7, 11) is 2.10. The van der Waals surface area contributed by atoms with Gasteiger partial charge in [0.1, 0.15) is 0 Å². The van der Waals surface area contributed by atoms with Gasteiger partial charge in [-0.1, -0.05) is 18.2 Å². The molecule has 2 aromatic rings. The Balaban J connectivity index is 1.95. The third-order valence-corrected chi connectivity index (χ3v) is 3.14. The molecular formula is C14H20N2O. The van der Waals surface area contributed by atoms with Crippen molar-refractivity contribution in [2.24, 2.45) is 0 Å². The number of aliphatic hydroxyl groups excluding tert-OH is 1. The van der Waals surface area contributed by atoms with Crippen molar-refractivity contribution in [3.63, 3.8) is 0 Å². The van der Waals surface area contributed by atoms with Gasteiger partial charge in [-0.15, -0.1) is 0 Å². The van der Waals surface area contributed by atoms with Crippen LogP contribution in [0.25, 0.3) is 10.9 Å². The summed E-state index contributed by atoms with van der Waals surface area (Å²) in [6.07, 6.45) is 4.00. The molecule has 0 spiro atoms. The van der Waals surface area contributed by atoms with Gasteiger partial charge in [-0.05, 0) is 31.5 Å². The molecule has 0 aliphatic heterocycles. The quantitative estimate of drug-likeness (QED) is 0.800. The van der Waals surface area contributed by atoms with Crippen LogP contribution in [0.4, 0.5) is 0 Å². The van der Waals surface area contributed by atoms with E-state index in [1.807, 2.05) is 0 Å². The summed E-state index contributed by atoms with van der Waals surface area (Å²) >= 11 is 0. The monoisotopic (exact) mass is 232 g/mol. The average Bonchev–Trinajstić information content (AvgIpc) is 2.77. The van der Waals surface area contributed by atoms with Crippen molar-refractivity contribution in [3.05, 3.63) is 36.0 Å². The molecule has 1 heterocycles. The highest BCUT2D eigenvalue weighted by Crippen LogP contribution is 2.18. The first-order valence-corrected chi connectivity index (χ1v) is 6.15. The Bertz CT molecular complexity index is 464. The Labute approximate surface area is 102 Å². The number of aromatic amines is 1. The number of aliphatic hydroxyl groups is 1. The summed E-state index contributed by atoms with van der Waals surface area (Å²) < 4.78 is 0. The number of para-hydroxylation sites is 1. The molecule has 0 aliphatic carbocycles. The Morgan fingerprint density at radius 3 is 2.88 bits per heavy atom. The molecule has 0 atom stereocenters. The standard InChI is InChI=1S/C14H20N2O/c1-16(8-4-10-17)9-7-12-11-15-14-6-3-2-5-13(12)14/h2-3,5-6,11,15,17H,4,7-10H2,1H3. The third-order valence-electron chi connectivity index (χ3n) is 3.14. The lowest BCUT2D eigenvalue weighted by atomic mass is 10.1. The van der Waals surface area contributed by atoms with Crippen LogP contribution in [0.15, 0.2) is 30.5 Å². The molecule has 17 heavy (non-hydrogen) atoms. The number of likely N-dealkylation sites (N-methyl/N-ethyl adjacent to an activating group) is 1. The number of H-pyrrole nitrogens is 1. The first kappa shape index (κ1) is 12.1. The summed E-state index contributed by atoms with van der Waals surface area (Å²) in [6, 6.07) is 8.40. The van der Waals surface area contributed by atoms with Crippen molar-refractivity contribution in [2.75, 3.05) is 26.7 Å². The van der Waals surface area contributed by atoms with Gasteiger partial charge >= 0.3 is 0 Å². The van der Waals surface area contributed by atoms with E-state index in [-0.39, 0.29) is 6.61 Å². The molecule has 0 radical (unpaired) electrons. The van der Waals surface area contributed by atoms with E-state index in [9.17, 15) is 0 Å². The average molecular weight is 232 g/mol. The van der Waals surface area contributed by atoms with Crippen LogP contribution in [0.1, 0.15) is 12.0 Å². The van der Waals surface area contributed by atoms with Gasteiger partial charge in [-0.25, -0.2) is 0 Å². The van der Waals surface area contributed by atoms with Gasteiger partial charge < -0.3 is 15.0 Å².